The molecule has 1 saturated carbocycles. The molecule has 1 aliphatic carbocycles. The van der Waals surface area contributed by atoms with Crippen LogP contribution in [0.3, 0.4) is 0 Å². The van der Waals surface area contributed by atoms with E-state index in [-0.39, 0.29) is 30.6 Å². The van der Waals surface area contributed by atoms with Gasteiger partial charge in [0.25, 0.3) is 0 Å². The first-order chi connectivity index (χ1) is 12.1. The van der Waals surface area contributed by atoms with Gasteiger partial charge < -0.3 is 18.8 Å². The number of morpholine rings is 1. The zero-order chi connectivity index (χ0) is 17.8. The highest BCUT2D eigenvalue weighted by Crippen LogP contribution is 2.28. The summed E-state index contributed by atoms with van der Waals surface area (Å²) < 4.78 is 17.2. The van der Waals surface area contributed by atoms with E-state index in [0.717, 1.165) is 6.42 Å². The van der Waals surface area contributed by atoms with Crippen LogP contribution in [0.5, 0.6) is 0 Å². The minimum absolute atomic E-state index is 0.0321. The summed E-state index contributed by atoms with van der Waals surface area (Å²) in [6, 6.07) is -0.325. The van der Waals surface area contributed by atoms with Crippen molar-refractivity contribution in [2.75, 3.05) is 26.4 Å². The monoisotopic (exact) mass is 351 g/mol. The quantitative estimate of drug-likeness (QED) is 0.812. The summed E-state index contributed by atoms with van der Waals surface area (Å²) >= 11 is 0. The van der Waals surface area contributed by atoms with E-state index in [4.69, 9.17) is 13.9 Å². The molecule has 3 atom stereocenters. The Morgan fingerprint density at radius 2 is 2.12 bits per heavy atom. The number of rotatable bonds is 5. The highest BCUT2D eigenvalue weighted by molar-refractivity contribution is 5.78. The van der Waals surface area contributed by atoms with Crippen molar-refractivity contribution >= 4 is 5.91 Å². The molecule has 1 aromatic rings. The average Bonchev–Trinajstić information content (AvgIpc) is 3.11. The maximum atomic E-state index is 12.7. The van der Waals surface area contributed by atoms with E-state index in [1.807, 2.05) is 13.8 Å². The Labute approximate surface area is 149 Å². The number of carbonyl (C=O) groups excluding carboxylic acids is 1. The van der Waals surface area contributed by atoms with Gasteiger partial charge in [0.1, 0.15) is 12.6 Å². The van der Waals surface area contributed by atoms with Crippen LogP contribution in [0.25, 0.3) is 0 Å². The van der Waals surface area contributed by atoms with Gasteiger partial charge in [0.2, 0.25) is 17.7 Å². The molecule has 0 bridgehead atoms. The minimum atomic E-state index is -0.325. The third-order valence-corrected chi connectivity index (χ3v) is 5.14. The minimum Gasteiger partial charge on any atom is -0.423 e. The van der Waals surface area contributed by atoms with Crippen molar-refractivity contribution < 1.29 is 18.7 Å². The van der Waals surface area contributed by atoms with Crippen molar-refractivity contribution in [3.05, 3.63) is 11.8 Å². The van der Waals surface area contributed by atoms with Crippen LogP contribution in [-0.4, -0.2) is 53.5 Å². The van der Waals surface area contributed by atoms with Crippen LogP contribution in [0.15, 0.2) is 4.42 Å². The number of hydrogen-bond acceptors (Lipinski definition) is 6. The molecule has 7 nitrogen and oxygen atoms in total. The summed E-state index contributed by atoms with van der Waals surface area (Å²) in [5, 5.41) is 8.20. The van der Waals surface area contributed by atoms with Crippen molar-refractivity contribution in [1.82, 2.24) is 15.1 Å². The van der Waals surface area contributed by atoms with E-state index in [9.17, 15) is 4.79 Å². The van der Waals surface area contributed by atoms with E-state index < -0.39 is 0 Å². The zero-order valence-corrected chi connectivity index (χ0v) is 15.4. The van der Waals surface area contributed by atoms with Crippen LogP contribution in [0, 0.1) is 5.92 Å². The predicted octanol–water partition coefficient (Wildman–Crippen LogP) is 2.69. The molecule has 0 aromatic carbocycles. The van der Waals surface area contributed by atoms with E-state index in [0.29, 0.717) is 37.5 Å². The second-order valence-electron chi connectivity index (χ2n) is 7.42. The SMILES string of the molecule is CC(C)c1nnc([C@@H]2COCCN2C(=O)CO[C@H]2CCCC[C@@H]2C)o1. The Morgan fingerprint density at radius 1 is 1.32 bits per heavy atom. The Kier molecular flexibility index (Phi) is 6.06. The lowest BCUT2D eigenvalue weighted by Gasteiger charge is -2.34. The first-order valence-corrected chi connectivity index (χ1v) is 9.38. The molecule has 1 aliphatic heterocycles. The number of ether oxygens (including phenoxy) is 2. The molecule has 25 heavy (non-hydrogen) atoms. The molecule has 0 N–H and O–H groups in total. The average molecular weight is 351 g/mol. The lowest BCUT2D eigenvalue weighted by Crippen LogP contribution is -2.45. The van der Waals surface area contributed by atoms with Crippen molar-refractivity contribution in [2.24, 2.45) is 5.92 Å². The van der Waals surface area contributed by atoms with Crippen LogP contribution in [0.2, 0.25) is 0 Å². The molecule has 1 aromatic heterocycles. The highest BCUT2D eigenvalue weighted by atomic mass is 16.5. The van der Waals surface area contributed by atoms with Gasteiger partial charge >= 0.3 is 0 Å². The van der Waals surface area contributed by atoms with Gasteiger partial charge in [-0.25, -0.2) is 0 Å². The molecule has 140 valence electrons. The summed E-state index contributed by atoms with van der Waals surface area (Å²) in [7, 11) is 0. The molecule has 0 unspecified atom stereocenters. The fourth-order valence-corrected chi connectivity index (χ4v) is 3.51. The van der Waals surface area contributed by atoms with Gasteiger partial charge in [-0.3, -0.25) is 4.79 Å². The Bertz CT molecular complexity index is 574. The summed E-state index contributed by atoms with van der Waals surface area (Å²) in [6.07, 6.45) is 4.86. The molecule has 1 saturated heterocycles. The van der Waals surface area contributed by atoms with Crippen molar-refractivity contribution in [1.29, 1.82) is 0 Å². The number of amides is 1. The summed E-state index contributed by atoms with van der Waals surface area (Å²) in [5.41, 5.74) is 0. The normalized spacial score (nSPS) is 27.7. The molecule has 0 radical (unpaired) electrons. The fraction of sp³-hybridized carbons (Fsp3) is 0.833. The molecule has 2 heterocycles. The fourth-order valence-electron chi connectivity index (χ4n) is 3.51. The summed E-state index contributed by atoms with van der Waals surface area (Å²) in [5.74, 6) is 1.68. The largest absolute Gasteiger partial charge is 0.423 e. The topological polar surface area (TPSA) is 77.7 Å². The molecule has 0 spiro atoms. The van der Waals surface area contributed by atoms with Gasteiger partial charge in [-0.05, 0) is 18.8 Å². The zero-order valence-electron chi connectivity index (χ0n) is 15.4. The van der Waals surface area contributed by atoms with Gasteiger partial charge in [-0.2, -0.15) is 0 Å². The Hall–Kier alpha value is -1.47. The number of nitrogens with zero attached hydrogens (tertiary/aromatic N) is 3. The third kappa shape index (κ3) is 4.39. The second kappa shape index (κ2) is 8.27. The maximum absolute atomic E-state index is 12.7. The number of aromatic nitrogens is 2. The Balaban J connectivity index is 1.62. The lowest BCUT2D eigenvalue weighted by atomic mass is 9.88. The van der Waals surface area contributed by atoms with Crippen molar-refractivity contribution in [3.63, 3.8) is 0 Å². The molecule has 1 amide bonds. The lowest BCUT2D eigenvalue weighted by molar-refractivity contribution is -0.149. The van der Waals surface area contributed by atoms with Crippen molar-refractivity contribution in [2.45, 2.75) is 64.5 Å². The van der Waals surface area contributed by atoms with Crippen LogP contribution >= 0.6 is 0 Å². The van der Waals surface area contributed by atoms with Gasteiger partial charge in [-0.15, -0.1) is 10.2 Å². The van der Waals surface area contributed by atoms with Gasteiger partial charge in [0.15, 0.2) is 0 Å². The van der Waals surface area contributed by atoms with Gasteiger partial charge in [0.05, 0.1) is 19.3 Å². The van der Waals surface area contributed by atoms with Crippen LogP contribution < -0.4 is 0 Å². The first-order valence-electron chi connectivity index (χ1n) is 9.38. The first kappa shape index (κ1) is 18.3. The Morgan fingerprint density at radius 3 is 2.84 bits per heavy atom. The van der Waals surface area contributed by atoms with E-state index >= 15 is 0 Å². The van der Waals surface area contributed by atoms with Crippen LogP contribution in [-0.2, 0) is 14.3 Å². The van der Waals surface area contributed by atoms with E-state index in [2.05, 4.69) is 17.1 Å². The van der Waals surface area contributed by atoms with Crippen LogP contribution in [0.4, 0.5) is 0 Å². The van der Waals surface area contributed by atoms with Crippen LogP contribution in [0.1, 0.15) is 70.2 Å². The summed E-state index contributed by atoms with van der Waals surface area (Å²) in [4.78, 5) is 14.5. The maximum Gasteiger partial charge on any atom is 0.249 e. The van der Waals surface area contributed by atoms with Gasteiger partial charge in [0, 0.05) is 12.5 Å². The molecule has 2 fully saturated rings. The highest BCUT2D eigenvalue weighted by Gasteiger charge is 2.33. The van der Waals surface area contributed by atoms with Gasteiger partial charge in [-0.1, -0.05) is 33.6 Å². The molecule has 7 heteroatoms. The van der Waals surface area contributed by atoms with E-state index in [1.165, 1.54) is 19.3 Å². The number of hydrogen-bond donors (Lipinski definition) is 0. The second-order valence-corrected chi connectivity index (χ2v) is 7.42. The van der Waals surface area contributed by atoms with Crippen molar-refractivity contribution in [3.8, 4) is 0 Å². The smallest absolute Gasteiger partial charge is 0.249 e. The molecular formula is C18H29N3O4. The molecular weight excluding hydrogens is 322 g/mol. The standard InChI is InChI=1S/C18H29N3O4/c1-12(2)17-19-20-18(25-17)14-10-23-9-8-21(14)16(22)11-24-15-7-5-4-6-13(15)3/h12-15H,4-11H2,1-3H3/t13-,14-,15-/m0/s1. The number of carbonyl (C=O) groups is 1. The molecule has 2 aliphatic rings. The third-order valence-electron chi connectivity index (χ3n) is 5.14. The van der Waals surface area contributed by atoms with E-state index in [1.54, 1.807) is 4.90 Å². The predicted molar refractivity (Wildman–Crippen MR) is 91.0 cm³/mol. The molecule has 3 rings (SSSR count). The summed E-state index contributed by atoms with van der Waals surface area (Å²) in [6.45, 7) is 7.73.